The van der Waals surface area contributed by atoms with E-state index in [0.29, 0.717) is 0 Å². The molecule has 0 radical (unpaired) electrons. The van der Waals surface area contributed by atoms with Crippen molar-refractivity contribution in [2.75, 3.05) is 0 Å². The van der Waals surface area contributed by atoms with Gasteiger partial charge in [-0.15, -0.1) is 0 Å². The summed E-state index contributed by atoms with van der Waals surface area (Å²) < 4.78 is 4.89. The van der Waals surface area contributed by atoms with Gasteiger partial charge in [0.15, 0.2) is 0 Å². The van der Waals surface area contributed by atoms with Crippen molar-refractivity contribution in [1.29, 1.82) is 0 Å². The maximum Gasteiger partial charge on any atom is -1.00 e. The fraction of sp³-hybridized carbons (Fsp3) is 0.176. The van der Waals surface area contributed by atoms with E-state index in [9.17, 15) is 0 Å². The number of allylic oxidation sites excluding steroid dienone is 8. The molecule has 0 heterocycles. The average molecular weight is 401 g/mol. The van der Waals surface area contributed by atoms with E-state index in [-0.39, 0.29) is 1.43 Å². The Morgan fingerprint density at radius 2 is 1.50 bits per heavy atom. The summed E-state index contributed by atoms with van der Waals surface area (Å²) in [4.78, 5) is 0. The first-order valence-electron chi connectivity index (χ1n) is 6.55. The van der Waals surface area contributed by atoms with Crippen molar-refractivity contribution in [3.8, 4) is 0 Å². The van der Waals surface area contributed by atoms with Gasteiger partial charge in [0.05, 0.1) is 0 Å². The number of benzene rings is 1. The minimum absolute atomic E-state index is 0. The summed E-state index contributed by atoms with van der Waals surface area (Å²) in [7, 11) is 0. The summed E-state index contributed by atoms with van der Waals surface area (Å²) in [5, 5.41) is 0. The molecule has 1 aromatic carbocycles. The Kier molecular flexibility index (Phi) is 3.90. The molecule has 2 aliphatic rings. The van der Waals surface area contributed by atoms with E-state index in [4.69, 9.17) is 0 Å². The second kappa shape index (κ2) is 5.79. The van der Waals surface area contributed by atoms with E-state index in [1.165, 1.54) is 22.6 Å². The molecule has 0 N–H and O–H groups in total. The summed E-state index contributed by atoms with van der Waals surface area (Å²) in [6.45, 7) is 0. The zero-order valence-corrected chi connectivity index (χ0v) is 14.1. The van der Waals surface area contributed by atoms with Crippen LogP contribution in [0.25, 0.3) is 0 Å². The molecule has 0 unspecified atom stereocenters. The van der Waals surface area contributed by atoms with Crippen LogP contribution in [-0.2, 0) is 25.6 Å². The van der Waals surface area contributed by atoms with Gasteiger partial charge in [0.25, 0.3) is 0 Å². The maximum atomic E-state index is 2.39. The summed E-state index contributed by atoms with van der Waals surface area (Å²) >= 11 is -1.79. The quantitative estimate of drug-likeness (QED) is 0.648. The first kappa shape index (κ1) is 12.1. The Labute approximate surface area is 118 Å². The third kappa shape index (κ3) is 2.72. The molecule has 0 saturated carbocycles. The molecule has 0 nitrogen and oxygen atoms in total. The Morgan fingerprint density at radius 3 is 2.00 bits per heavy atom. The fourth-order valence-electron chi connectivity index (χ4n) is 2.58. The Hall–Kier alpha value is -0.950. The molecule has 0 atom stereocenters. The van der Waals surface area contributed by atoms with Gasteiger partial charge in [-0.2, -0.15) is 0 Å². The Balaban J connectivity index is 0.00000133. The van der Waals surface area contributed by atoms with Gasteiger partial charge < -0.3 is 1.43 Å². The maximum absolute atomic E-state index is 2.39. The van der Waals surface area contributed by atoms with Gasteiger partial charge in [0.1, 0.15) is 0 Å². The molecule has 0 saturated heterocycles. The van der Waals surface area contributed by atoms with E-state index in [1.54, 1.807) is 6.66 Å². The van der Waals surface area contributed by atoms with Crippen molar-refractivity contribution in [3.05, 3.63) is 79.0 Å². The van der Waals surface area contributed by atoms with Crippen molar-refractivity contribution < 1.29 is 22.9 Å². The Morgan fingerprint density at radius 1 is 0.889 bits per heavy atom. The molecule has 2 aliphatic carbocycles. The Bertz CT molecular complexity index is 508. The van der Waals surface area contributed by atoms with Gasteiger partial charge in [-0.05, 0) is 0 Å². The van der Waals surface area contributed by atoms with Gasteiger partial charge in [-0.3, -0.25) is 0 Å². The third-order valence-corrected chi connectivity index (χ3v) is 14.5. The molecule has 0 fully saturated rings. The van der Waals surface area contributed by atoms with Crippen LogP contribution < -0.4 is 0 Å². The average Bonchev–Trinajstić information content (AvgIpc) is 3.11. The zero-order chi connectivity index (χ0) is 12.2. The smallest absolute Gasteiger partial charge is 1.00 e. The van der Waals surface area contributed by atoms with Gasteiger partial charge in [-0.1, -0.05) is 0 Å². The standard InChI is InChI=1S/C7H7.2C5H5.Hf.H/c1-7-5-3-2-4-6-7;2*1-2-4-5-3-1;;/h2-6H,1H2;2*1-3H,4H2;;/q;;;+1;-1. The topological polar surface area (TPSA) is 0 Å². The third-order valence-electron chi connectivity index (χ3n) is 3.54. The first-order valence-corrected chi connectivity index (χ1v) is 12.7. The van der Waals surface area contributed by atoms with Crippen LogP contribution >= 0.6 is 0 Å². The van der Waals surface area contributed by atoms with E-state index >= 15 is 0 Å². The van der Waals surface area contributed by atoms with E-state index in [2.05, 4.69) is 66.8 Å². The number of hydrogen-bond donors (Lipinski definition) is 0. The van der Waals surface area contributed by atoms with E-state index in [0.717, 1.165) is 0 Å². The summed E-state index contributed by atoms with van der Waals surface area (Å²) in [6.07, 6.45) is 16.3. The van der Waals surface area contributed by atoms with Crippen molar-refractivity contribution in [1.82, 2.24) is 0 Å². The summed E-state index contributed by atoms with van der Waals surface area (Å²) in [5.41, 5.74) is 1.53. The molecule has 1 aromatic rings. The van der Waals surface area contributed by atoms with Gasteiger partial charge in [-0.25, -0.2) is 0 Å². The molecule has 18 heavy (non-hydrogen) atoms. The van der Waals surface area contributed by atoms with Crippen molar-refractivity contribution in [2.24, 2.45) is 0 Å². The molecule has 0 aromatic heterocycles. The zero-order valence-electron chi connectivity index (χ0n) is 11.5. The van der Waals surface area contributed by atoms with Gasteiger partial charge >= 0.3 is 117 Å². The predicted octanol–water partition coefficient (Wildman–Crippen LogP) is 4.60. The van der Waals surface area contributed by atoms with Crippen LogP contribution in [0.5, 0.6) is 0 Å². The van der Waals surface area contributed by atoms with Crippen LogP contribution in [-0.4, -0.2) is 0 Å². The first-order chi connectivity index (χ1) is 8.93. The molecule has 0 bridgehead atoms. The summed E-state index contributed by atoms with van der Waals surface area (Å²) in [5.74, 6) is 0. The molecule has 0 spiro atoms. The van der Waals surface area contributed by atoms with E-state index in [1.807, 2.05) is 0 Å². The van der Waals surface area contributed by atoms with Crippen molar-refractivity contribution in [2.45, 2.75) is 17.0 Å². The van der Waals surface area contributed by atoms with Gasteiger partial charge in [0.2, 0.25) is 0 Å². The van der Waals surface area contributed by atoms with Crippen LogP contribution in [0, 0.1) is 0 Å². The molecule has 3 rings (SSSR count). The second-order valence-electron chi connectivity index (χ2n) is 4.79. The molecule has 0 amide bonds. The van der Waals surface area contributed by atoms with Crippen LogP contribution in [0.2, 0.25) is 0 Å². The molecule has 0 aliphatic heterocycles. The second-order valence-corrected chi connectivity index (χ2v) is 14.1. The molecular weight excluding hydrogens is 383 g/mol. The fourth-order valence-corrected chi connectivity index (χ4v) is 12.8. The molecule has 90 valence electrons. The predicted molar refractivity (Wildman–Crippen MR) is 74.9 cm³/mol. The van der Waals surface area contributed by atoms with Gasteiger partial charge in [0, 0.05) is 0 Å². The minimum Gasteiger partial charge on any atom is -1.00 e. The monoisotopic (exact) mass is 402 g/mol. The van der Waals surface area contributed by atoms with Crippen molar-refractivity contribution in [3.63, 3.8) is 0 Å². The van der Waals surface area contributed by atoms with Crippen LogP contribution in [0.1, 0.15) is 19.8 Å². The van der Waals surface area contributed by atoms with E-state index < -0.39 is 21.4 Å². The minimum atomic E-state index is -1.79. The molecule has 1 heteroatoms. The van der Waals surface area contributed by atoms with Crippen LogP contribution in [0.15, 0.2) is 73.4 Å². The van der Waals surface area contributed by atoms with Crippen molar-refractivity contribution >= 4 is 0 Å². The number of hydrogen-bond acceptors (Lipinski definition) is 0. The largest absolute Gasteiger partial charge is 1.00 e. The molecular formula is C17H18Hf. The van der Waals surface area contributed by atoms with Crippen LogP contribution in [0.3, 0.4) is 0 Å². The van der Waals surface area contributed by atoms with Crippen LogP contribution in [0.4, 0.5) is 0 Å². The number of rotatable bonds is 4. The normalized spacial score (nSPS) is 16.9. The summed E-state index contributed by atoms with van der Waals surface area (Å²) in [6, 6.07) is 11.0. The SMILES string of the molecule is C1=CC[C]([Hf+]([CH2]c2ccccc2)[C]2=CC=CC2)=C1.[H-].